The smallest absolute Gasteiger partial charge is 0.236 e. The Kier molecular flexibility index (Phi) is 4.32. The minimum Gasteiger partial charge on any atom is -0.480 e. The van der Waals surface area contributed by atoms with E-state index in [1.165, 1.54) is 7.11 Å². The molecule has 0 aliphatic rings. The minimum atomic E-state index is -0.679. The Morgan fingerprint density at radius 2 is 2.00 bits per heavy atom. The van der Waals surface area contributed by atoms with Crippen LogP contribution in [0.4, 0.5) is 5.69 Å². The molecule has 0 radical (unpaired) electrons. The molecule has 0 saturated carbocycles. The van der Waals surface area contributed by atoms with E-state index in [1.54, 1.807) is 19.3 Å². The van der Waals surface area contributed by atoms with Crippen molar-refractivity contribution >= 4 is 16.6 Å². The first-order chi connectivity index (χ1) is 11.6. The number of methoxy groups -OCH3 is 1. The van der Waals surface area contributed by atoms with Gasteiger partial charge in [-0.25, -0.2) is 4.98 Å². The summed E-state index contributed by atoms with van der Waals surface area (Å²) in [6.45, 7) is 1.63. The van der Waals surface area contributed by atoms with Crippen LogP contribution in [0.2, 0.25) is 0 Å². The lowest BCUT2D eigenvalue weighted by Gasteiger charge is -2.08. The van der Waals surface area contributed by atoms with Crippen LogP contribution in [0.5, 0.6) is 5.88 Å². The summed E-state index contributed by atoms with van der Waals surface area (Å²) in [6.07, 6.45) is 2.75. The first-order valence-electron chi connectivity index (χ1n) is 7.46. The van der Waals surface area contributed by atoms with Gasteiger partial charge in [0.05, 0.1) is 18.3 Å². The van der Waals surface area contributed by atoms with Gasteiger partial charge in [-0.2, -0.15) is 0 Å². The molecule has 1 atom stereocenters. The predicted molar refractivity (Wildman–Crippen MR) is 94.5 cm³/mol. The lowest BCUT2D eigenvalue weighted by atomic mass is 10.0. The van der Waals surface area contributed by atoms with E-state index >= 15 is 0 Å². The number of hydrogen-bond acceptors (Lipinski definition) is 5. The highest BCUT2D eigenvalue weighted by Crippen LogP contribution is 2.28. The van der Waals surface area contributed by atoms with Gasteiger partial charge in [0.2, 0.25) is 5.88 Å². The normalized spacial score (nSPS) is 11.6. The Labute approximate surface area is 140 Å². The quantitative estimate of drug-likeness (QED) is 0.710. The second-order valence-electron chi connectivity index (χ2n) is 5.36. The van der Waals surface area contributed by atoms with Crippen molar-refractivity contribution in [2.45, 2.75) is 13.0 Å². The molecule has 3 aromatic rings. The summed E-state index contributed by atoms with van der Waals surface area (Å²) in [4.78, 5) is 8.57. The fraction of sp³-hybridized carbons (Fsp3) is 0.158. The summed E-state index contributed by atoms with van der Waals surface area (Å²) < 4.78 is 5.09. The molecule has 2 aromatic heterocycles. The number of benzene rings is 1. The topological polar surface area (TPSA) is 81.3 Å². The molecular formula is C19H17N3O2. The number of ether oxygens (including phenoxy) is 1. The zero-order valence-corrected chi connectivity index (χ0v) is 13.4. The number of nitrogens with zero attached hydrogens (tertiary/aromatic N) is 2. The van der Waals surface area contributed by atoms with E-state index in [9.17, 15) is 5.11 Å². The highest BCUT2D eigenvalue weighted by molar-refractivity contribution is 5.89. The van der Waals surface area contributed by atoms with Gasteiger partial charge in [-0.1, -0.05) is 17.9 Å². The third kappa shape index (κ3) is 3.14. The molecule has 2 heterocycles. The van der Waals surface area contributed by atoms with Crippen molar-refractivity contribution in [2.24, 2.45) is 0 Å². The largest absolute Gasteiger partial charge is 0.480 e. The van der Waals surface area contributed by atoms with Gasteiger partial charge in [-0.3, -0.25) is 4.98 Å². The van der Waals surface area contributed by atoms with Crippen molar-refractivity contribution in [2.75, 3.05) is 12.8 Å². The second kappa shape index (κ2) is 6.57. The molecule has 0 saturated heterocycles. The van der Waals surface area contributed by atoms with E-state index in [1.807, 2.05) is 30.3 Å². The third-order valence-corrected chi connectivity index (χ3v) is 3.56. The second-order valence-corrected chi connectivity index (χ2v) is 5.36. The molecule has 0 spiro atoms. The summed E-state index contributed by atoms with van der Waals surface area (Å²) in [6, 6.07) is 9.55. The van der Waals surface area contributed by atoms with Gasteiger partial charge < -0.3 is 15.6 Å². The van der Waals surface area contributed by atoms with E-state index in [2.05, 4.69) is 21.8 Å². The molecule has 0 aliphatic carbocycles. The van der Waals surface area contributed by atoms with Crippen LogP contribution < -0.4 is 10.5 Å². The summed E-state index contributed by atoms with van der Waals surface area (Å²) in [5.41, 5.74) is 9.92. The molecule has 1 unspecified atom stereocenters. The van der Waals surface area contributed by atoms with Crippen molar-refractivity contribution < 1.29 is 9.84 Å². The lowest BCUT2D eigenvalue weighted by Crippen LogP contribution is -1.96. The average molecular weight is 319 g/mol. The number of nitrogens with two attached hydrogens (primary N) is 1. The van der Waals surface area contributed by atoms with Gasteiger partial charge in [-0.05, 0) is 36.8 Å². The number of fused-ring (bicyclic) bond motifs is 1. The average Bonchev–Trinajstić information content (AvgIpc) is 2.59. The van der Waals surface area contributed by atoms with E-state index in [0.717, 1.165) is 27.6 Å². The van der Waals surface area contributed by atoms with Crippen molar-refractivity contribution in [3.63, 3.8) is 0 Å². The van der Waals surface area contributed by atoms with Crippen LogP contribution in [0.1, 0.15) is 12.5 Å². The molecule has 5 nitrogen and oxygen atoms in total. The third-order valence-electron chi connectivity index (χ3n) is 3.56. The number of nitrogen functional groups attached to an aromatic ring is 1. The standard InChI is InChI=1S/C19H17N3O2/c1-12(23)3-4-13-7-8-21-18-6-5-14(9-16(13)18)15-10-17(20)19(24-2)22-11-15/h5-12,23H,20H2,1-2H3. The highest BCUT2D eigenvalue weighted by Gasteiger charge is 2.07. The monoisotopic (exact) mass is 319 g/mol. The molecule has 1 aromatic carbocycles. The number of hydrogen-bond donors (Lipinski definition) is 2. The van der Waals surface area contributed by atoms with E-state index < -0.39 is 6.10 Å². The van der Waals surface area contributed by atoms with Gasteiger partial charge >= 0.3 is 0 Å². The number of aromatic nitrogens is 2. The minimum absolute atomic E-state index is 0.407. The molecule has 5 heteroatoms. The van der Waals surface area contributed by atoms with Crippen molar-refractivity contribution in [3.05, 3.63) is 48.3 Å². The highest BCUT2D eigenvalue weighted by atomic mass is 16.5. The maximum absolute atomic E-state index is 9.38. The molecule has 0 amide bonds. The summed E-state index contributed by atoms with van der Waals surface area (Å²) >= 11 is 0. The van der Waals surface area contributed by atoms with Crippen molar-refractivity contribution in [3.8, 4) is 28.8 Å². The molecule has 0 bridgehead atoms. The van der Waals surface area contributed by atoms with Gasteiger partial charge in [0, 0.05) is 28.9 Å². The van der Waals surface area contributed by atoms with Crippen molar-refractivity contribution in [1.29, 1.82) is 0 Å². The van der Waals surface area contributed by atoms with Crippen LogP contribution in [-0.2, 0) is 0 Å². The van der Waals surface area contributed by atoms with Crippen LogP contribution in [0.25, 0.3) is 22.0 Å². The number of anilines is 1. The van der Waals surface area contributed by atoms with Crippen LogP contribution in [-0.4, -0.2) is 28.3 Å². The predicted octanol–water partition coefficient (Wildman–Crippen LogP) is 2.62. The molecule has 3 N–H and O–H groups in total. The number of aliphatic hydroxyl groups excluding tert-OH is 1. The van der Waals surface area contributed by atoms with E-state index in [-0.39, 0.29) is 0 Å². The van der Waals surface area contributed by atoms with Crippen LogP contribution >= 0.6 is 0 Å². The molecule has 120 valence electrons. The Morgan fingerprint density at radius 1 is 1.17 bits per heavy atom. The SMILES string of the molecule is COc1ncc(-c2ccc3nccc(C#CC(C)O)c3c2)cc1N. The number of rotatable bonds is 2. The number of aliphatic hydroxyl groups is 1. The van der Waals surface area contributed by atoms with Gasteiger partial charge in [0.25, 0.3) is 0 Å². The summed E-state index contributed by atoms with van der Waals surface area (Å²) in [5, 5.41) is 10.3. The Hall–Kier alpha value is -3.10. The van der Waals surface area contributed by atoms with E-state index in [4.69, 9.17) is 10.5 Å². The fourth-order valence-electron chi connectivity index (χ4n) is 2.41. The molecule has 0 aliphatic heterocycles. The summed E-state index contributed by atoms with van der Waals surface area (Å²) in [7, 11) is 1.53. The molecule has 24 heavy (non-hydrogen) atoms. The van der Waals surface area contributed by atoms with Gasteiger partial charge in [0.1, 0.15) is 6.10 Å². The first kappa shape index (κ1) is 15.8. The Morgan fingerprint density at radius 3 is 2.71 bits per heavy atom. The maximum atomic E-state index is 9.38. The van der Waals surface area contributed by atoms with Crippen LogP contribution in [0.3, 0.4) is 0 Å². The van der Waals surface area contributed by atoms with Crippen molar-refractivity contribution in [1.82, 2.24) is 9.97 Å². The van der Waals surface area contributed by atoms with Crippen LogP contribution in [0, 0.1) is 11.8 Å². The van der Waals surface area contributed by atoms with Gasteiger partial charge in [0.15, 0.2) is 0 Å². The molecular weight excluding hydrogens is 302 g/mol. The Balaban J connectivity index is 2.12. The molecule has 0 fully saturated rings. The molecule has 3 rings (SSSR count). The van der Waals surface area contributed by atoms with E-state index in [0.29, 0.717) is 11.6 Å². The lowest BCUT2D eigenvalue weighted by molar-refractivity contribution is 0.253. The zero-order chi connectivity index (χ0) is 17.1. The maximum Gasteiger partial charge on any atom is 0.236 e. The van der Waals surface area contributed by atoms with Crippen LogP contribution in [0.15, 0.2) is 42.7 Å². The zero-order valence-electron chi connectivity index (χ0n) is 13.4. The summed E-state index contributed by atoms with van der Waals surface area (Å²) in [5.74, 6) is 6.17. The fourth-order valence-corrected chi connectivity index (χ4v) is 2.41. The van der Waals surface area contributed by atoms with Gasteiger partial charge in [-0.15, -0.1) is 0 Å². The first-order valence-corrected chi connectivity index (χ1v) is 7.46. The number of pyridine rings is 2. The Bertz CT molecular complexity index is 956.